The van der Waals surface area contributed by atoms with Crippen LogP contribution in [0.15, 0.2) is 0 Å². The van der Waals surface area contributed by atoms with Crippen LogP contribution in [0, 0.1) is 10.8 Å². The molecule has 0 heterocycles. The van der Waals surface area contributed by atoms with E-state index in [1.807, 2.05) is 0 Å². The summed E-state index contributed by atoms with van der Waals surface area (Å²) in [7, 11) is 0. The molecule has 0 aromatic heterocycles. The van der Waals surface area contributed by atoms with Crippen molar-refractivity contribution in [1.82, 2.24) is 0 Å². The second-order valence-corrected chi connectivity index (χ2v) is 3.01. The van der Waals surface area contributed by atoms with Crippen LogP contribution in [-0.2, 0) is 0 Å². The van der Waals surface area contributed by atoms with Crippen LogP contribution in [0.4, 0.5) is 0 Å². The van der Waals surface area contributed by atoms with Gasteiger partial charge in [0, 0.05) is 21.3 Å². The molecule has 0 aromatic carbocycles. The Kier molecular flexibility index (Phi) is 5.88. The van der Waals surface area contributed by atoms with Gasteiger partial charge in [-0.1, -0.05) is 37.8 Å². The molecule has 0 rings (SSSR count). The van der Waals surface area contributed by atoms with Crippen LogP contribution in [-0.4, -0.2) is 10.2 Å². The van der Waals surface area contributed by atoms with E-state index < -0.39 is 0 Å². The Morgan fingerprint density at radius 2 is 2.14 bits per heavy atom. The maximum Gasteiger partial charge on any atom is 0.0860 e. The molecule has 0 saturated carbocycles. The van der Waals surface area contributed by atoms with E-state index in [2.05, 4.69) is 58.5 Å². The summed E-state index contributed by atoms with van der Waals surface area (Å²) in [5, 5.41) is 0.867. The smallest absolute Gasteiger partial charge is 0.0860 e. The third-order valence-electron chi connectivity index (χ3n) is 0.347. The van der Waals surface area contributed by atoms with Crippen LogP contribution in [0.25, 0.3) is 0 Å². The minimum Gasteiger partial charge on any atom is -0.0905 e. The Morgan fingerprint density at radius 3 is 2.29 bits per heavy atom. The molecular formula is C4H3Br3. The van der Waals surface area contributed by atoms with Crippen molar-refractivity contribution in [3.05, 3.63) is 0 Å². The summed E-state index contributed by atoms with van der Waals surface area (Å²) in [6.45, 7) is 0. The van der Waals surface area contributed by atoms with Gasteiger partial charge < -0.3 is 0 Å². The third kappa shape index (κ3) is 4.86. The topological polar surface area (TPSA) is 0 Å². The molecule has 1 unspecified atom stereocenters. The maximum absolute atomic E-state index is 3.29. The lowest BCUT2D eigenvalue weighted by Gasteiger charge is -1.87. The SMILES string of the molecule is BrC#CC(Br)CBr. The van der Waals surface area contributed by atoms with E-state index in [1.54, 1.807) is 0 Å². The average molecular weight is 291 g/mol. The lowest BCUT2D eigenvalue weighted by atomic mass is 10.5. The number of rotatable bonds is 1. The molecule has 0 fully saturated rings. The predicted octanol–water partition coefficient (Wildman–Crippen LogP) is 2.50. The molecule has 0 amide bonds. The Morgan fingerprint density at radius 1 is 1.57 bits per heavy atom. The first-order chi connectivity index (χ1) is 3.31. The van der Waals surface area contributed by atoms with Gasteiger partial charge in [-0.15, -0.1) is 0 Å². The summed E-state index contributed by atoms with van der Waals surface area (Å²) >= 11 is 9.51. The zero-order valence-electron chi connectivity index (χ0n) is 3.42. The maximum atomic E-state index is 3.29. The summed E-state index contributed by atoms with van der Waals surface area (Å²) in [5.41, 5.74) is 0. The van der Waals surface area contributed by atoms with Gasteiger partial charge >= 0.3 is 0 Å². The van der Waals surface area contributed by atoms with Gasteiger partial charge in [0.05, 0.1) is 4.83 Å². The zero-order valence-corrected chi connectivity index (χ0v) is 8.18. The van der Waals surface area contributed by atoms with E-state index >= 15 is 0 Å². The standard InChI is InChI=1S/C4H3Br3/c5-2-1-4(7)3-6/h4H,3H2. The van der Waals surface area contributed by atoms with Crippen molar-refractivity contribution in [3.8, 4) is 10.8 Å². The van der Waals surface area contributed by atoms with E-state index in [0.717, 1.165) is 5.33 Å². The van der Waals surface area contributed by atoms with Gasteiger partial charge in [0.15, 0.2) is 0 Å². The highest BCUT2D eigenvalue weighted by Gasteiger charge is 1.90. The molecule has 0 aliphatic rings. The summed E-state index contributed by atoms with van der Waals surface area (Å²) < 4.78 is 0. The van der Waals surface area contributed by atoms with Crippen molar-refractivity contribution in [1.29, 1.82) is 0 Å². The van der Waals surface area contributed by atoms with Crippen molar-refractivity contribution < 1.29 is 0 Å². The Balaban J connectivity index is 3.29. The Hall–Kier alpha value is 1.00. The molecule has 7 heavy (non-hydrogen) atoms. The highest BCUT2D eigenvalue weighted by Crippen LogP contribution is 2.00. The van der Waals surface area contributed by atoms with Crippen molar-refractivity contribution in [2.45, 2.75) is 4.83 Å². The average Bonchev–Trinajstić information content (AvgIpc) is 1.68. The van der Waals surface area contributed by atoms with Gasteiger partial charge in [-0.3, -0.25) is 0 Å². The van der Waals surface area contributed by atoms with E-state index in [4.69, 9.17) is 0 Å². The number of alkyl halides is 2. The van der Waals surface area contributed by atoms with Crippen LogP contribution in [0.2, 0.25) is 0 Å². The Bertz CT molecular complexity index is 88.8. The number of hydrogen-bond donors (Lipinski definition) is 0. The molecule has 0 N–H and O–H groups in total. The molecule has 0 radical (unpaired) electrons. The Labute approximate surface area is 68.4 Å². The van der Waals surface area contributed by atoms with E-state index in [9.17, 15) is 0 Å². The molecule has 0 aliphatic heterocycles. The van der Waals surface area contributed by atoms with Gasteiger partial charge in [-0.2, -0.15) is 0 Å². The van der Waals surface area contributed by atoms with Crippen molar-refractivity contribution in [2.24, 2.45) is 0 Å². The fourth-order valence-electron chi connectivity index (χ4n) is 0.0978. The summed E-state index contributed by atoms with van der Waals surface area (Å²) in [5.74, 6) is 2.83. The van der Waals surface area contributed by atoms with E-state index in [1.165, 1.54) is 0 Å². The summed E-state index contributed by atoms with van der Waals surface area (Å²) in [6, 6.07) is 0. The molecule has 0 aromatic rings. The highest BCUT2D eigenvalue weighted by atomic mass is 79.9. The molecule has 0 aliphatic carbocycles. The fraction of sp³-hybridized carbons (Fsp3) is 0.500. The third-order valence-corrected chi connectivity index (χ3v) is 2.64. The van der Waals surface area contributed by atoms with Gasteiger partial charge in [-0.25, -0.2) is 0 Å². The quantitative estimate of drug-likeness (QED) is 0.514. The van der Waals surface area contributed by atoms with Crippen LogP contribution in [0.3, 0.4) is 0 Å². The molecule has 0 saturated heterocycles. The normalized spacial score (nSPS) is 11.9. The lowest BCUT2D eigenvalue weighted by Crippen LogP contribution is -1.91. The minimum atomic E-state index is 0.270. The van der Waals surface area contributed by atoms with Gasteiger partial charge in [0.2, 0.25) is 0 Å². The summed E-state index contributed by atoms with van der Waals surface area (Å²) in [6.07, 6.45) is 0. The fourth-order valence-corrected chi connectivity index (χ4v) is 0.958. The second-order valence-electron chi connectivity index (χ2n) is 0.861. The first-order valence-corrected chi connectivity index (χ1v) is 4.45. The number of hydrogen-bond acceptors (Lipinski definition) is 0. The molecule has 3 heteroatoms. The van der Waals surface area contributed by atoms with E-state index in [0.29, 0.717) is 0 Å². The molecular weight excluding hydrogens is 288 g/mol. The van der Waals surface area contributed by atoms with E-state index in [-0.39, 0.29) is 4.83 Å². The second kappa shape index (κ2) is 5.14. The minimum absolute atomic E-state index is 0.270. The number of halogens is 3. The molecule has 0 nitrogen and oxygen atoms in total. The lowest BCUT2D eigenvalue weighted by molar-refractivity contribution is 1.38. The van der Waals surface area contributed by atoms with Gasteiger partial charge in [0.25, 0.3) is 0 Å². The molecule has 0 spiro atoms. The van der Waals surface area contributed by atoms with Gasteiger partial charge in [-0.05, 0) is 4.83 Å². The highest BCUT2D eigenvalue weighted by molar-refractivity contribution is 9.12. The molecule has 0 bridgehead atoms. The molecule has 1 atom stereocenters. The first-order valence-electron chi connectivity index (χ1n) is 1.62. The summed E-state index contributed by atoms with van der Waals surface area (Å²) in [4.78, 5) is 2.87. The van der Waals surface area contributed by atoms with Crippen LogP contribution in [0.1, 0.15) is 0 Å². The predicted molar refractivity (Wildman–Crippen MR) is 43.2 cm³/mol. The molecule has 40 valence electrons. The van der Waals surface area contributed by atoms with Crippen LogP contribution in [0.5, 0.6) is 0 Å². The van der Waals surface area contributed by atoms with Crippen LogP contribution >= 0.6 is 47.8 Å². The largest absolute Gasteiger partial charge is 0.0905 e. The monoisotopic (exact) mass is 288 g/mol. The van der Waals surface area contributed by atoms with Crippen molar-refractivity contribution in [2.75, 3.05) is 5.33 Å². The zero-order chi connectivity index (χ0) is 5.70. The van der Waals surface area contributed by atoms with Crippen LogP contribution < -0.4 is 0 Å². The first kappa shape index (κ1) is 8.00. The van der Waals surface area contributed by atoms with Gasteiger partial charge in [0.1, 0.15) is 0 Å². The van der Waals surface area contributed by atoms with Crippen molar-refractivity contribution in [3.63, 3.8) is 0 Å². The van der Waals surface area contributed by atoms with Crippen molar-refractivity contribution >= 4 is 47.8 Å².